The predicted octanol–water partition coefficient (Wildman–Crippen LogP) is 1.58. The molecular weight excluding hydrogens is 404 g/mol. The topological polar surface area (TPSA) is 77.1 Å². The third kappa shape index (κ3) is 4.07. The number of nitrogens with one attached hydrogen (secondary N) is 1. The number of ether oxygens (including phenoxy) is 3. The van der Waals surface area contributed by atoms with E-state index in [2.05, 4.69) is 5.32 Å². The summed E-state index contributed by atoms with van der Waals surface area (Å²) < 4.78 is 16.6. The lowest BCUT2D eigenvalue weighted by Gasteiger charge is -2.40. The molecule has 4 heterocycles. The Morgan fingerprint density at radius 1 is 1.32 bits per heavy atom. The summed E-state index contributed by atoms with van der Waals surface area (Å²) in [6.45, 7) is 4.12. The number of hydrogen-bond donors (Lipinski definition) is 1. The third-order valence-electron chi connectivity index (χ3n) is 5.72. The first-order valence-corrected chi connectivity index (χ1v) is 10.4. The molecule has 4 rings (SSSR count). The lowest BCUT2D eigenvalue weighted by Crippen LogP contribution is -2.44. The van der Waals surface area contributed by atoms with Crippen LogP contribution in [-0.2, 0) is 31.0 Å². The SMILES string of the molecule is COC(=O)C1COCCN(C(=O)c2cc3c(s2)CCOC32CCNCC2)C1.Cl. The summed E-state index contributed by atoms with van der Waals surface area (Å²) in [7, 11) is 1.37. The number of amides is 1. The maximum Gasteiger partial charge on any atom is 0.312 e. The van der Waals surface area contributed by atoms with Crippen molar-refractivity contribution in [2.24, 2.45) is 5.92 Å². The van der Waals surface area contributed by atoms with Gasteiger partial charge in [-0.2, -0.15) is 0 Å². The number of thiophene rings is 1. The highest BCUT2D eigenvalue weighted by molar-refractivity contribution is 7.14. The second-order valence-electron chi connectivity index (χ2n) is 7.34. The summed E-state index contributed by atoms with van der Waals surface area (Å²) in [5.41, 5.74) is 0.948. The van der Waals surface area contributed by atoms with Crippen molar-refractivity contribution in [1.29, 1.82) is 0 Å². The fourth-order valence-electron chi connectivity index (χ4n) is 4.23. The van der Waals surface area contributed by atoms with E-state index in [1.54, 1.807) is 16.2 Å². The number of hydrogen-bond acceptors (Lipinski definition) is 7. The summed E-state index contributed by atoms with van der Waals surface area (Å²) in [5.74, 6) is -0.796. The normalized spacial score (nSPS) is 24.0. The van der Waals surface area contributed by atoms with Gasteiger partial charge in [-0.05, 0) is 37.6 Å². The summed E-state index contributed by atoms with van der Waals surface area (Å²) in [5, 5.41) is 3.39. The average molecular weight is 431 g/mol. The van der Waals surface area contributed by atoms with E-state index in [0.29, 0.717) is 32.9 Å². The Morgan fingerprint density at radius 2 is 2.11 bits per heavy atom. The van der Waals surface area contributed by atoms with Crippen molar-refractivity contribution in [3.63, 3.8) is 0 Å². The van der Waals surface area contributed by atoms with E-state index >= 15 is 0 Å². The molecule has 3 aliphatic rings. The number of carbonyl (C=O) groups is 2. The number of rotatable bonds is 2. The molecule has 0 saturated carbocycles. The van der Waals surface area contributed by atoms with Crippen LogP contribution in [0.2, 0.25) is 0 Å². The second-order valence-corrected chi connectivity index (χ2v) is 8.47. The van der Waals surface area contributed by atoms with E-state index < -0.39 is 5.92 Å². The first-order valence-electron chi connectivity index (χ1n) is 9.56. The van der Waals surface area contributed by atoms with Gasteiger partial charge in [-0.15, -0.1) is 23.7 Å². The van der Waals surface area contributed by atoms with Crippen LogP contribution in [0.15, 0.2) is 6.07 Å². The minimum Gasteiger partial charge on any atom is -0.469 e. The van der Waals surface area contributed by atoms with Crippen molar-refractivity contribution < 1.29 is 23.8 Å². The van der Waals surface area contributed by atoms with Crippen LogP contribution < -0.4 is 5.32 Å². The van der Waals surface area contributed by atoms with Gasteiger partial charge in [0.2, 0.25) is 0 Å². The first kappa shape index (κ1) is 21.5. The van der Waals surface area contributed by atoms with Gasteiger partial charge in [-0.3, -0.25) is 9.59 Å². The smallest absolute Gasteiger partial charge is 0.312 e. The molecule has 3 aliphatic heterocycles. The standard InChI is InChI=1S/C19H26N2O5S.ClH/c1-24-18(23)13-11-21(7-9-25-12-13)17(22)16-10-14-15(27-16)2-8-26-19(14)3-5-20-6-4-19;/h10,13,20H,2-9,11-12H2,1H3;1H. The Kier molecular flexibility index (Phi) is 6.98. The van der Waals surface area contributed by atoms with Gasteiger partial charge in [-0.1, -0.05) is 0 Å². The van der Waals surface area contributed by atoms with E-state index in [9.17, 15) is 9.59 Å². The zero-order valence-corrected chi connectivity index (χ0v) is 17.7. The average Bonchev–Trinajstić information content (AvgIpc) is 2.99. The lowest BCUT2D eigenvalue weighted by molar-refractivity contribution is -0.147. The minimum atomic E-state index is -0.435. The maximum atomic E-state index is 13.2. The molecule has 0 aromatic carbocycles. The highest BCUT2D eigenvalue weighted by Crippen LogP contribution is 2.43. The van der Waals surface area contributed by atoms with Gasteiger partial charge < -0.3 is 24.4 Å². The molecule has 28 heavy (non-hydrogen) atoms. The van der Waals surface area contributed by atoms with Crippen molar-refractivity contribution in [1.82, 2.24) is 10.2 Å². The molecule has 1 N–H and O–H groups in total. The van der Waals surface area contributed by atoms with Crippen LogP contribution in [0, 0.1) is 5.92 Å². The molecule has 156 valence electrons. The van der Waals surface area contributed by atoms with Crippen LogP contribution in [0.3, 0.4) is 0 Å². The van der Waals surface area contributed by atoms with Gasteiger partial charge in [0, 0.05) is 24.4 Å². The van der Waals surface area contributed by atoms with Crippen molar-refractivity contribution >= 4 is 35.6 Å². The number of esters is 1. The van der Waals surface area contributed by atoms with E-state index in [-0.39, 0.29) is 29.9 Å². The van der Waals surface area contributed by atoms with E-state index in [1.807, 2.05) is 6.07 Å². The Balaban J connectivity index is 0.00000225. The molecule has 1 aromatic heterocycles. The fourth-order valence-corrected chi connectivity index (χ4v) is 5.43. The molecule has 1 atom stereocenters. The van der Waals surface area contributed by atoms with Gasteiger partial charge >= 0.3 is 5.97 Å². The molecule has 9 heteroatoms. The molecule has 1 unspecified atom stereocenters. The summed E-state index contributed by atoms with van der Waals surface area (Å²) in [6.07, 6.45) is 2.73. The lowest BCUT2D eigenvalue weighted by atomic mass is 9.83. The van der Waals surface area contributed by atoms with Crippen LogP contribution >= 0.6 is 23.7 Å². The van der Waals surface area contributed by atoms with Crippen molar-refractivity contribution in [2.75, 3.05) is 53.1 Å². The Morgan fingerprint density at radius 3 is 2.86 bits per heavy atom. The molecule has 2 fully saturated rings. The molecule has 0 aliphatic carbocycles. The minimum absolute atomic E-state index is 0. The summed E-state index contributed by atoms with van der Waals surface area (Å²) >= 11 is 1.58. The van der Waals surface area contributed by atoms with Gasteiger partial charge in [0.25, 0.3) is 5.91 Å². The molecule has 1 spiro atoms. The van der Waals surface area contributed by atoms with Gasteiger partial charge in [0.05, 0.1) is 43.3 Å². The van der Waals surface area contributed by atoms with Gasteiger partial charge in [0.15, 0.2) is 0 Å². The quantitative estimate of drug-likeness (QED) is 0.718. The number of halogens is 1. The second kappa shape index (κ2) is 9.09. The maximum absolute atomic E-state index is 13.2. The van der Waals surface area contributed by atoms with Gasteiger partial charge in [-0.25, -0.2) is 0 Å². The molecule has 0 radical (unpaired) electrons. The van der Waals surface area contributed by atoms with Crippen LogP contribution in [0.4, 0.5) is 0 Å². The zero-order valence-electron chi connectivity index (χ0n) is 16.0. The Hall–Kier alpha value is -1.19. The van der Waals surface area contributed by atoms with Crippen molar-refractivity contribution in [3.05, 3.63) is 21.4 Å². The Bertz CT molecular complexity index is 719. The van der Waals surface area contributed by atoms with Crippen LogP contribution in [-0.4, -0.2) is 69.9 Å². The van der Waals surface area contributed by atoms with Gasteiger partial charge in [0.1, 0.15) is 0 Å². The van der Waals surface area contributed by atoms with Crippen LogP contribution in [0.25, 0.3) is 0 Å². The fraction of sp³-hybridized carbons (Fsp3) is 0.684. The number of carbonyl (C=O) groups excluding carboxylic acids is 2. The molecular formula is C19H27ClN2O5S. The molecule has 7 nitrogen and oxygen atoms in total. The monoisotopic (exact) mass is 430 g/mol. The number of fused-ring (bicyclic) bond motifs is 2. The number of methoxy groups -OCH3 is 1. The highest BCUT2D eigenvalue weighted by Gasteiger charge is 2.41. The zero-order chi connectivity index (χ0) is 18.9. The predicted molar refractivity (Wildman–Crippen MR) is 107 cm³/mol. The van der Waals surface area contributed by atoms with E-state index in [4.69, 9.17) is 14.2 Å². The van der Waals surface area contributed by atoms with Crippen LogP contribution in [0.5, 0.6) is 0 Å². The first-order chi connectivity index (χ1) is 13.1. The van der Waals surface area contributed by atoms with Crippen molar-refractivity contribution in [3.8, 4) is 0 Å². The highest BCUT2D eigenvalue weighted by atomic mass is 35.5. The summed E-state index contributed by atoms with van der Waals surface area (Å²) in [6, 6.07) is 2.03. The van der Waals surface area contributed by atoms with E-state index in [0.717, 1.165) is 37.2 Å². The molecule has 0 bridgehead atoms. The van der Waals surface area contributed by atoms with Crippen LogP contribution in [0.1, 0.15) is 33.0 Å². The number of nitrogens with zero attached hydrogens (tertiary/aromatic N) is 1. The largest absolute Gasteiger partial charge is 0.469 e. The summed E-state index contributed by atoms with van der Waals surface area (Å²) in [4.78, 5) is 28.8. The van der Waals surface area contributed by atoms with Crippen molar-refractivity contribution in [2.45, 2.75) is 24.9 Å². The molecule has 2 saturated heterocycles. The Labute approximate surface area is 175 Å². The molecule has 1 amide bonds. The molecule has 1 aromatic rings. The third-order valence-corrected chi connectivity index (χ3v) is 6.90. The van der Waals surface area contributed by atoms with E-state index in [1.165, 1.54) is 17.6 Å². The number of piperidine rings is 1.